The number of carbonyl (C=O) groups excluding carboxylic acids is 1. The highest BCUT2D eigenvalue weighted by Crippen LogP contribution is 2.46. The van der Waals surface area contributed by atoms with Gasteiger partial charge in [-0.25, -0.2) is 13.8 Å². The molecule has 0 radical (unpaired) electrons. The molecule has 2 aromatic rings. The van der Waals surface area contributed by atoms with Crippen molar-refractivity contribution in [2.45, 2.75) is 58.6 Å². The number of nitrogens with one attached hydrogen (secondary N) is 2. The summed E-state index contributed by atoms with van der Waals surface area (Å²) in [5.74, 6) is -1.41. The largest absolute Gasteiger partial charge is 0.462 e. The third-order valence-electron chi connectivity index (χ3n) is 5.18. The molecule has 1 aliphatic rings. The average Bonchev–Trinajstić information content (AvgIpc) is 3.19. The molecule has 198 valence electrons. The summed E-state index contributed by atoms with van der Waals surface area (Å²) < 4.78 is 53.8. The second kappa shape index (κ2) is 12.5. The Balaban J connectivity index is 1.72. The second-order valence-electron chi connectivity index (χ2n) is 8.62. The molecule has 0 saturated carbocycles. The number of nitrogens with zero attached hydrogens (tertiary/aromatic N) is 2. The van der Waals surface area contributed by atoms with Gasteiger partial charge in [0.25, 0.3) is 0 Å². The van der Waals surface area contributed by atoms with Gasteiger partial charge in [0, 0.05) is 5.92 Å². The minimum Gasteiger partial charge on any atom is -0.462 e. The van der Waals surface area contributed by atoms with Crippen molar-refractivity contribution in [3.8, 4) is 5.75 Å². The fraction of sp³-hybridized carbons (Fsp3) is 0.500. The number of anilines is 1. The van der Waals surface area contributed by atoms with Crippen molar-refractivity contribution in [1.82, 2.24) is 14.6 Å². The normalized spacial score (nSPS) is 22.1. The third-order valence-corrected chi connectivity index (χ3v) is 7.33. The summed E-state index contributed by atoms with van der Waals surface area (Å²) in [6.07, 6.45) is -0.269. The van der Waals surface area contributed by atoms with Crippen LogP contribution in [0.25, 0.3) is 0 Å². The van der Waals surface area contributed by atoms with E-state index in [0.717, 1.165) is 10.8 Å². The van der Waals surface area contributed by atoms with Crippen molar-refractivity contribution in [3.63, 3.8) is 0 Å². The first-order chi connectivity index (χ1) is 17.0. The van der Waals surface area contributed by atoms with Crippen LogP contribution in [0.4, 0.5) is 10.2 Å². The smallest absolute Gasteiger partial charge is 0.459 e. The second-order valence-corrected chi connectivity index (χ2v) is 10.9. The molecule has 1 fully saturated rings. The summed E-state index contributed by atoms with van der Waals surface area (Å²) >= 11 is 1.68. The van der Waals surface area contributed by atoms with Gasteiger partial charge in [-0.2, -0.15) is 10.1 Å². The molecule has 0 spiro atoms. The minimum atomic E-state index is -4.07. The number of halogens is 2. The average molecular weight is 638 g/mol. The number of esters is 1. The van der Waals surface area contributed by atoms with E-state index in [1.807, 2.05) is 6.92 Å². The van der Waals surface area contributed by atoms with Crippen LogP contribution >= 0.6 is 30.6 Å². The van der Waals surface area contributed by atoms with Gasteiger partial charge in [0.1, 0.15) is 18.0 Å². The Morgan fingerprint density at radius 3 is 2.67 bits per heavy atom. The molecule has 3 rings (SSSR count). The van der Waals surface area contributed by atoms with Crippen LogP contribution in [0.3, 0.4) is 0 Å². The van der Waals surface area contributed by atoms with Crippen LogP contribution in [0.15, 0.2) is 41.3 Å². The molecule has 1 aromatic carbocycles. The fourth-order valence-electron chi connectivity index (χ4n) is 3.57. The van der Waals surface area contributed by atoms with E-state index in [-0.39, 0.29) is 30.2 Å². The Hall–Kier alpha value is -2.06. The number of rotatable bonds is 11. The number of hydrogen-bond acceptors (Lipinski definition) is 9. The number of para-hydroxylation sites is 1. The van der Waals surface area contributed by atoms with Crippen LogP contribution in [-0.2, 0) is 23.4 Å². The van der Waals surface area contributed by atoms with Gasteiger partial charge < -0.3 is 17.5 Å². The first-order valence-electron chi connectivity index (χ1n) is 11.3. The zero-order valence-electron chi connectivity index (χ0n) is 20.2. The van der Waals surface area contributed by atoms with Gasteiger partial charge in [0.2, 0.25) is 0 Å². The molecule has 36 heavy (non-hydrogen) atoms. The Labute approximate surface area is 222 Å². The quantitative estimate of drug-likeness (QED) is 0.160. The van der Waals surface area contributed by atoms with Crippen molar-refractivity contribution < 1.29 is 32.3 Å². The highest BCUT2D eigenvalue weighted by atomic mass is 127. The summed E-state index contributed by atoms with van der Waals surface area (Å²) in [4.78, 5) is 28.3. The molecule has 2 heterocycles. The number of aromatic nitrogens is 2. The Bertz CT molecular complexity index is 1150. The number of carbonyl (C=O) groups is 1. The van der Waals surface area contributed by atoms with Crippen molar-refractivity contribution in [3.05, 3.63) is 52.8 Å². The Morgan fingerprint density at radius 2 is 2.03 bits per heavy atom. The lowest BCUT2D eigenvalue weighted by Gasteiger charge is -2.24. The number of benzene rings is 1. The zero-order valence-corrected chi connectivity index (χ0v) is 23.3. The van der Waals surface area contributed by atoms with Gasteiger partial charge >= 0.3 is 19.4 Å². The molecule has 0 amide bonds. The fourth-order valence-corrected chi connectivity index (χ4v) is 5.47. The molecule has 0 bridgehead atoms. The van der Waals surface area contributed by atoms with Gasteiger partial charge in [-0.3, -0.25) is 13.9 Å². The van der Waals surface area contributed by atoms with Crippen molar-refractivity contribution in [1.29, 1.82) is 0 Å². The molecule has 11 nitrogen and oxygen atoms in total. The minimum absolute atomic E-state index is 0.169. The van der Waals surface area contributed by atoms with E-state index in [9.17, 15) is 18.5 Å². The van der Waals surface area contributed by atoms with Gasteiger partial charge in [0.15, 0.2) is 11.6 Å². The predicted molar refractivity (Wildman–Crippen MR) is 138 cm³/mol. The van der Waals surface area contributed by atoms with Crippen LogP contribution in [0.5, 0.6) is 5.75 Å². The van der Waals surface area contributed by atoms with Crippen LogP contribution in [0, 0.1) is 11.7 Å². The lowest BCUT2D eigenvalue weighted by Crippen LogP contribution is -2.36. The maximum atomic E-state index is 14.2. The van der Waals surface area contributed by atoms with Crippen molar-refractivity contribution in [2.24, 2.45) is 5.92 Å². The first-order valence-corrected chi connectivity index (χ1v) is 13.9. The van der Waals surface area contributed by atoms with Gasteiger partial charge in [-0.1, -0.05) is 25.1 Å². The molecule has 2 N–H and O–H groups in total. The zero-order chi connectivity index (χ0) is 26.5. The molecule has 1 unspecified atom stereocenters. The maximum Gasteiger partial charge on any atom is 0.459 e. The molecular weight excluding hydrogens is 609 g/mol. The lowest BCUT2D eigenvalue weighted by atomic mass is 10.1. The third kappa shape index (κ3) is 7.48. The van der Waals surface area contributed by atoms with E-state index >= 15 is 0 Å². The van der Waals surface area contributed by atoms with E-state index in [2.05, 4.69) is 13.6 Å². The van der Waals surface area contributed by atoms with Crippen LogP contribution < -0.4 is 18.8 Å². The van der Waals surface area contributed by atoms with Crippen molar-refractivity contribution >= 4 is 42.4 Å². The summed E-state index contributed by atoms with van der Waals surface area (Å²) in [7, 11) is -4.07. The maximum absolute atomic E-state index is 14.2. The topological polar surface area (TPSA) is 130 Å². The van der Waals surface area contributed by atoms with Crippen LogP contribution in [-0.4, -0.2) is 40.4 Å². The number of hydrogen-bond donors (Lipinski definition) is 2. The standard InChI is InChI=1S/C22H29FIN4O7P/c1-13(2)33-21(29)15(4)27-36(31,35-16-8-6-5-7-9-16)32-12-17-10-14(3)20(34-17)28-11-18(23)19(26-24)25-22(28)30/h5-9,11,13-15,17,20H,10,12H2,1-4H3,(H,27,31)(H,25,26,30)/t14-,15+,17-,20+,36?/m0/s1. The van der Waals surface area contributed by atoms with E-state index in [1.165, 1.54) is 6.92 Å². The van der Waals surface area contributed by atoms with Crippen LogP contribution in [0.2, 0.25) is 0 Å². The SMILES string of the molecule is CC(C)OC(=O)[C@@H](C)NP(=O)(OC[C@@H]1C[C@H](C)[C@H](n2cc(F)c(NI)nc2=O)O1)Oc1ccccc1. The molecule has 5 atom stereocenters. The highest BCUT2D eigenvalue weighted by Gasteiger charge is 2.38. The highest BCUT2D eigenvalue weighted by molar-refractivity contribution is 14.1. The van der Waals surface area contributed by atoms with Gasteiger partial charge in [-0.05, 0) is 39.3 Å². The summed E-state index contributed by atoms with van der Waals surface area (Å²) in [6, 6.07) is 7.38. The lowest BCUT2D eigenvalue weighted by molar-refractivity contribution is -0.149. The molecule has 14 heteroatoms. The molecule has 1 saturated heterocycles. The van der Waals surface area contributed by atoms with E-state index < -0.39 is 43.6 Å². The summed E-state index contributed by atoms with van der Waals surface area (Å²) in [5.41, 5.74) is -0.675. The van der Waals surface area contributed by atoms with E-state index in [1.54, 1.807) is 67.0 Å². The summed E-state index contributed by atoms with van der Waals surface area (Å²) in [5, 5.41) is 2.61. The van der Waals surface area contributed by atoms with E-state index in [4.69, 9.17) is 18.5 Å². The monoisotopic (exact) mass is 638 g/mol. The van der Waals surface area contributed by atoms with Gasteiger partial charge in [0.05, 0.1) is 47.9 Å². The molecule has 1 aromatic heterocycles. The van der Waals surface area contributed by atoms with E-state index in [0.29, 0.717) is 6.42 Å². The molecule has 0 aliphatic carbocycles. The van der Waals surface area contributed by atoms with Gasteiger partial charge in [-0.15, -0.1) is 0 Å². The Morgan fingerprint density at radius 1 is 1.33 bits per heavy atom. The molecular formula is C22H29FIN4O7P. The first kappa shape index (κ1) is 28.5. The predicted octanol–water partition coefficient (Wildman–Crippen LogP) is 4.20. The van der Waals surface area contributed by atoms with Crippen molar-refractivity contribution in [2.75, 3.05) is 10.1 Å². The van der Waals surface area contributed by atoms with Crippen LogP contribution in [0.1, 0.15) is 40.3 Å². The summed E-state index contributed by atoms with van der Waals surface area (Å²) in [6.45, 7) is 6.55. The number of ether oxygens (including phenoxy) is 2. The molecule has 1 aliphatic heterocycles. The Kier molecular flexibility index (Phi) is 9.86.